The summed E-state index contributed by atoms with van der Waals surface area (Å²) >= 11 is 4.83. The molecule has 1 radical (unpaired) electrons. The number of esters is 1. The van der Waals surface area contributed by atoms with E-state index in [-0.39, 0.29) is 0 Å². The van der Waals surface area contributed by atoms with E-state index in [0.29, 0.717) is 0 Å². The largest absolute Gasteiger partial charge is 0.448 e. The van der Waals surface area contributed by atoms with Crippen molar-refractivity contribution in [2.45, 2.75) is 31.6 Å². The lowest BCUT2D eigenvalue weighted by Crippen LogP contribution is -2.29. The molecule has 0 N–H and O–H groups in total. The molecule has 11 heavy (non-hydrogen) atoms. The van der Waals surface area contributed by atoms with Crippen molar-refractivity contribution >= 4 is 18.6 Å². The number of rotatable bonds is 2. The molecule has 0 bridgehead atoms. The van der Waals surface area contributed by atoms with E-state index in [1.54, 1.807) is 20.8 Å². The molecule has 0 heterocycles. The summed E-state index contributed by atoms with van der Waals surface area (Å²) in [6.45, 7) is 4.83. The van der Waals surface area contributed by atoms with E-state index in [1.165, 1.54) is 0 Å². The Balaban J connectivity index is 4.01. The highest BCUT2D eigenvalue weighted by Gasteiger charge is 2.26. The standard InChI is InChI=1S/C8H11O2S/c1-5-6(2)10-7(9)8(3,4)11/h1,6H,2-4H3. The lowest BCUT2D eigenvalue weighted by molar-refractivity contribution is -0.147. The van der Waals surface area contributed by atoms with Gasteiger partial charge in [0.15, 0.2) is 6.10 Å². The highest BCUT2D eigenvalue weighted by molar-refractivity contribution is 7.82. The second kappa shape index (κ2) is 3.68. The maximum Gasteiger partial charge on any atom is 0.323 e. The third-order valence-corrected chi connectivity index (χ3v) is 1.18. The molecule has 1 atom stereocenters. The Bertz CT molecular complexity index is 185. The van der Waals surface area contributed by atoms with Crippen molar-refractivity contribution in [2.75, 3.05) is 0 Å². The van der Waals surface area contributed by atoms with Crippen LogP contribution in [0.2, 0.25) is 0 Å². The maximum atomic E-state index is 11.0. The fourth-order valence-corrected chi connectivity index (χ4v) is 0.385. The van der Waals surface area contributed by atoms with Crippen LogP contribution < -0.4 is 0 Å². The first kappa shape index (κ1) is 10.4. The van der Waals surface area contributed by atoms with Gasteiger partial charge in [-0.1, -0.05) is 18.5 Å². The molecule has 3 heteroatoms. The third-order valence-electron chi connectivity index (χ3n) is 1.01. The van der Waals surface area contributed by atoms with Gasteiger partial charge in [-0.05, 0) is 20.8 Å². The van der Waals surface area contributed by atoms with Crippen LogP contribution in [0.25, 0.3) is 0 Å². The van der Waals surface area contributed by atoms with Crippen LogP contribution in [0, 0.1) is 12.3 Å². The van der Waals surface area contributed by atoms with Crippen LogP contribution in [-0.2, 0) is 9.53 Å². The molecule has 0 aromatic carbocycles. The predicted octanol–water partition coefficient (Wildman–Crippen LogP) is 1.53. The lowest BCUT2D eigenvalue weighted by atomic mass is 10.2. The first-order chi connectivity index (χ1) is 4.88. The summed E-state index contributed by atoms with van der Waals surface area (Å²) in [5.74, 6) is 1.83. The number of hydrogen-bond acceptors (Lipinski definition) is 2. The zero-order chi connectivity index (χ0) is 9.07. The number of terminal acetylenes is 1. The zero-order valence-electron chi connectivity index (χ0n) is 6.88. The van der Waals surface area contributed by atoms with E-state index in [0.717, 1.165) is 0 Å². The Kier molecular flexibility index (Phi) is 3.47. The summed E-state index contributed by atoms with van der Waals surface area (Å²) in [5, 5.41) is 0. The van der Waals surface area contributed by atoms with Crippen molar-refractivity contribution in [3.63, 3.8) is 0 Å². The van der Waals surface area contributed by atoms with E-state index in [4.69, 9.17) is 23.8 Å². The van der Waals surface area contributed by atoms with Crippen molar-refractivity contribution < 1.29 is 9.53 Å². The van der Waals surface area contributed by atoms with Crippen molar-refractivity contribution in [1.82, 2.24) is 0 Å². The fourth-order valence-electron chi connectivity index (χ4n) is 0.336. The molecule has 0 aliphatic carbocycles. The van der Waals surface area contributed by atoms with Crippen LogP contribution in [0.3, 0.4) is 0 Å². The molecule has 0 rings (SSSR count). The van der Waals surface area contributed by atoms with Crippen molar-refractivity contribution in [3.8, 4) is 12.3 Å². The SMILES string of the molecule is C#CC(C)OC(=O)C(C)(C)[S]. The van der Waals surface area contributed by atoms with Gasteiger partial charge in [0.05, 0.1) is 0 Å². The first-order valence-corrected chi connectivity index (χ1v) is 3.66. The summed E-state index contributed by atoms with van der Waals surface area (Å²) in [7, 11) is 0. The van der Waals surface area contributed by atoms with E-state index in [9.17, 15) is 4.79 Å². The summed E-state index contributed by atoms with van der Waals surface area (Å²) in [6.07, 6.45) is 4.51. The van der Waals surface area contributed by atoms with Gasteiger partial charge in [-0.25, -0.2) is 0 Å². The normalized spacial score (nSPS) is 13.4. The molecule has 0 aromatic rings. The highest BCUT2D eigenvalue weighted by Crippen LogP contribution is 2.14. The van der Waals surface area contributed by atoms with E-state index < -0.39 is 16.8 Å². The van der Waals surface area contributed by atoms with Gasteiger partial charge in [0.2, 0.25) is 0 Å². The van der Waals surface area contributed by atoms with Crippen LogP contribution in [0.4, 0.5) is 0 Å². The van der Waals surface area contributed by atoms with Gasteiger partial charge in [-0.15, -0.1) is 6.42 Å². The number of carbonyl (C=O) groups is 1. The Hall–Kier alpha value is -0.620. The summed E-state index contributed by atoms with van der Waals surface area (Å²) in [6, 6.07) is 0. The number of hydrogen-bond donors (Lipinski definition) is 0. The van der Waals surface area contributed by atoms with Crippen molar-refractivity contribution in [3.05, 3.63) is 0 Å². The minimum absolute atomic E-state index is 0.446. The van der Waals surface area contributed by atoms with Crippen LogP contribution in [-0.4, -0.2) is 16.8 Å². The van der Waals surface area contributed by atoms with Gasteiger partial charge < -0.3 is 4.74 Å². The van der Waals surface area contributed by atoms with Crippen LogP contribution in [0.1, 0.15) is 20.8 Å². The van der Waals surface area contributed by atoms with E-state index >= 15 is 0 Å². The van der Waals surface area contributed by atoms with E-state index in [2.05, 4.69) is 5.92 Å². The maximum absolute atomic E-state index is 11.0. The molecule has 0 saturated carbocycles. The second-order valence-corrected chi connectivity index (χ2v) is 3.75. The first-order valence-electron chi connectivity index (χ1n) is 3.25. The molecule has 0 aromatic heterocycles. The van der Waals surface area contributed by atoms with Gasteiger partial charge >= 0.3 is 5.97 Å². The number of carbonyl (C=O) groups excluding carboxylic acids is 1. The minimum atomic E-state index is -0.884. The molecule has 0 saturated heterocycles. The molecule has 2 nitrogen and oxygen atoms in total. The topological polar surface area (TPSA) is 26.3 Å². The molecule has 0 spiro atoms. The lowest BCUT2D eigenvalue weighted by Gasteiger charge is -2.16. The van der Waals surface area contributed by atoms with Gasteiger partial charge in [-0.2, -0.15) is 0 Å². The summed E-state index contributed by atoms with van der Waals surface area (Å²) in [4.78, 5) is 11.0. The molecular formula is C8H11O2S. The fraction of sp³-hybridized carbons (Fsp3) is 0.625. The third kappa shape index (κ3) is 3.94. The minimum Gasteiger partial charge on any atom is -0.448 e. The van der Waals surface area contributed by atoms with E-state index in [1.807, 2.05) is 0 Å². The van der Waals surface area contributed by atoms with Crippen molar-refractivity contribution in [1.29, 1.82) is 0 Å². The van der Waals surface area contributed by atoms with Crippen LogP contribution in [0.5, 0.6) is 0 Å². The molecule has 0 aliphatic heterocycles. The van der Waals surface area contributed by atoms with Crippen LogP contribution >= 0.6 is 12.6 Å². The molecule has 1 unspecified atom stereocenters. The molecule has 0 fully saturated rings. The monoisotopic (exact) mass is 171 g/mol. The Labute approximate surface area is 72.7 Å². The average molecular weight is 171 g/mol. The van der Waals surface area contributed by atoms with Gasteiger partial charge in [0, 0.05) is 0 Å². The van der Waals surface area contributed by atoms with Gasteiger partial charge in [0.1, 0.15) is 4.75 Å². The predicted molar refractivity (Wildman–Crippen MR) is 46.1 cm³/mol. The summed E-state index contributed by atoms with van der Waals surface area (Å²) in [5.41, 5.74) is 0. The summed E-state index contributed by atoms with van der Waals surface area (Å²) < 4.78 is 3.90. The molecular weight excluding hydrogens is 160 g/mol. The smallest absolute Gasteiger partial charge is 0.323 e. The Morgan fingerprint density at radius 2 is 2.18 bits per heavy atom. The Morgan fingerprint density at radius 3 is 2.45 bits per heavy atom. The Morgan fingerprint density at radius 1 is 1.73 bits per heavy atom. The molecule has 61 valence electrons. The highest BCUT2D eigenvalue weighted by atomic mass is 32.1. The number of ether oxygens (including phenoxy) is 1. The van der Waals surface area contributed by atoms with Gasteiger partial charge in [-0.3, -0.25) is 4.79 Å². The average Bonchev–Trinajstić information content (AvgIpc) is 1.85. The van der Waals surface area contributed by atoms with Gasteiger partial charge in [0.25, 0.3) is 0 Å². The quantitative estimate of drug-likeness (QED) is 0.465. The van der Waals surface area contributed by atoms with Crippen LogP contribution in [0.15, 0.2) is 0 Å². The van der Waals surface area contributed by atoms with Crippen molar-refractivity contribution in [2.24, 2.45) is 0 Å². The molecule has 0 aliphatic rings. The molecule has 0 amide bonds. The zero-order valence-corrected chi connectivity index (χ0v) is 7.70. The second-order valence-electron chi connectivity index (χ2n) is 2.72.